The standard InChI is InChI=1S/C12H11N5O/c18-12(8-4-2-1-3-5-8)17-11-9-10(14-6-13-9)15-7-16-11/h1-7,11H,(H,13,14)(H,15,16)(H,17,18). The number of aromatic amines is 1. The van der Waals surface area contributed by atoms with E-state index in [9.17, 15) is 4.79 Å². The summed E-state index contributed by atoms with van der Waals surface area (Å²) in [5, 5.41) is 5.73. The number of rotatable bonds is 2. The molecule has 90 valence electrons. The van der Waals surface area contributed by atoms with Crippen LogP contribution in [0.25, 0.3) is 0 Å². The second-order valence-electron chi connectivity index (χ2n) is 3.83. The van der Waals surface area contributed by atoms with Gasteiger partial charge in [-0.05, 0) is 12.1 Å². The van der Waals surface area contributed by atoms with Gasteiger partial charge in [0.1, 0.15) is 5.69 Å². The lowest BCUT2D eigenvalue weighted by atomic mass is 10.2. The highest BCUT2D eigenvalue weighted by molar-refractivity contribution is 5.94. The van der Waals surface area contributed by atoms with E-state index in [1.54, 1.807) is 18.5 Å². The summed E-state index contributed by atoms with van der Waals surface area (Å²) in [6.45, 7) is 0. The molecule has 0 fully saturated rings. The molecular formula is C12H11N5O. The zero-order valence-corrected chi connectivity index (χ0v) is 9.42. The lowest BCUT2D eigenvalue weighted by Gasteiger charge is -2.17. The van der Waals surface area contributed by atoms with Gasteiger partial charge < -0.3 is 15.6 Å². The van der Waals surface area contributed by atoms with Crippen LogP contribution in [0.3, 0.4) is 0 Å². The highest BCUT2D eigenvalue weighted by Gasteiger charge is 2.21. The van der Waals surface area contributed by atoms with E-state index in [-0.39, 0.29) is 5.91 Å². The molecule has 1 amide bonds. The second-order valence-corrected chi connectivity index (χ2v) is 3.83. The number of fused-ring (bicyclic) bond motifs is 1. The van der Waals surface area contributed by atoms with Gasteiger partial charge in [-0.1, -0.05) is 18.2 Å². The molecule has 0 aliphatic carbocycles. The fourth-order valence-corrected chi connectivity index (χ4v) is 1.78. The molecule has 1 aliphatic heterocycles. The van der Waals surface area contributed by atoms with Crippen molar-refractivity contribution in [1.82, 2.24) is 15.3 Å². The molecule has 1 aromatic heterocycles. The summed E-state index contributed by atoms with van der Waals surface area (Å²) in [6, 6.07) is 9.03. The van der Waals surface area contributed by atoms with Crippen molar-refractivity contribution in [1.29, 1.82) is 0 Å². The number of hydrogen-bond acceptors (Lipinski definition) is 4. The van der Waals surface area contributed by atoms with Crippen LogP contribution in [-0.2, 0) is 0 Å². The fraction of sp³-hybridized carbons (Fsp3) is 0.0833. The van der Waals surface area contributed by atoms with Crippen molar-refractivity contribution in [3.8, 4) is 0 Å². The van der Waals surface area contributed by atoms with Crippen LogP contribution in [0.4, 0.5) is 5.82 Å². The second kappa shape index (κ2) is 4.33. The number of aromatic nitrogens is 2. The van der Waals surface area contributed by atoms with Crippen molar-refractivity contribution in [2.75, 3.05) is 5.32 Å². The van der Waals surface area contributed by atoms with Crippen molar-refractivity contribution in [3.63, 3.8) is 0 Å². The molecule has 3 rings (SSSR count). The van der Waals surface area contributed by atoms with Crippen LogP contribution in [-0.4, -0.2) is 22.2 Å². The van der Waals surface area contributed by atoms with E-state index in [1.165, 1.54) is 6.34 Å². The minimum absolute atomic E-state index is 0.166. The predicted octanol–water partition coefficient (Wildman–Crippen LogP) is 1.29. The van der Waals surface area contributed by atoms with Crippen LogP contribution in [0.5, 0.6) is 0 Å². The average Bonchev–Trinajstić information content (AvgIpc) is 2.89. The first-order chi connectivity index (χ1) is 8.84. The molecule has 0 saturated carbocycles. The molecule has 3 N–H and O–H groups in total. The maximum atomic E-state index is 12.0. The molecule has 1 atom stereocenters. The summed E-state index contributed by atoms with van der Waals surface area (Å²) in [6.07, 6.45) is 2.66. The van der Waals surface area contributed by atoms with Crippen LogP contribution in [0.15, 0.2) is 41.7 Å². The van der Waals surface area contributed by atoms with Gasteiger partial charge in [-0.3, -0.25) is 4.79 Å². The van der Waals surface area contributed by atoms with Crippen LogP contribution in [0.2, 0.25) is 0 Å². The van der Waals surface area contributed by atoms with Gasteiger partial charge in [0.15, 0.2) is 12.0 Å². The Morgan fingerprint density at radius 1 is 1.28 bits per heavy atom. The number of H-pyrrole nitrogens is 1. The monoisotopic (exact) mass is 241 g/mol. The Morgan fingerprint density at radius 3 is 2.94 bits per heavy atom. The summed E-state index contributed by atoms with van der Waals surface area (Å²) in [7, 11) is 0. The number of benzene rings is 1. The van der Waals surface area contributed by atoms with E-state index >= 15 is 0 Å². The SMILES string of the molecule is O=C(NC1N=CNc2nc[nH]c21)c1ccccc1. The Bertz CT molecular complexity index is 590. The zero-order valence-electron chi connectivity index (χ0n) is 9.42. The Labute approximate surface area is 103 Å². The van der Waals surface area contributed by atoms with Crippen LogP contribution >= 0.6 is 0 Å². The number of nitrogens with zero attached hydrogens (tertiary/aromatic N) is 2. The fourth-order valence-electron chi connectivity index (χ4n) is 1.78. The molecule has 0 saturated heterocycles. The quantitative estimate of drug-likeness (QED) is 0.741. The zero-order chi connectivity index (χ0) is 12.4. The van der Waals surface area contributed by atoms with Crippen molar-refractivity contribution < 1.29 is 4.79 Å². The first-order valence-electron chi connectivity index (χ1n) is 5.52. The summed E-state index contributed by atoms with van der Waals surface area (Å²) in [5.41, 5.74) is 1.36. The summed E-state index contributed by atoms with van der Waals surface area (Å²) >= 11 is 0. The van der Waals surface area contributed by atoms with Crippen LogP contribution < -0.4 is 10.6 Å². The largest absolute Gasteiger partial charge is 0.343 e. The Kier molecular flexibility index (Phi) is 2.53. The van der Waals surface area contributed by atoms with Gasteiger partial charge in [0.05, 0.1) is 12.7 Å². The van der Waals surface area contributed by atoms with Gasteiger partial charge in [0.25, 0.3) is 5.91 Å². The molecule has 18 heavy (non-hydrogen) atoms. The Morgan fingerprint density at radius 2 is 2.11 bits per heavy atom. The Balaban J connectivity index is 1.80. The normalized spacial score (nSPS) is 16.8. The molecule has 6 nitrogen and oxygen atoms in total. The molecule has 2 heterocycles. The van der Waals surface area contributed by atoms with E-state index in [4.69, 9.17) is 0 Å². The highest BCUT2D eigenvalue weighted by Crippen LogP contribution is 2.22. The smallest absolute Gasteiger partial charge is 0.253 e. The summed E-state index contributed by atoms with van der Waals surface area (Å²) in [5.74, 6) is 0.517. The molecular weight excluding hydrogens is 230 g/mol. The van der Waals surface area contributed by atoms with Crippen molar-refractivity contribution >= 4 is 18.1 Å². The molecule has 1 aromatic carbocycles. The van der Waals surface area contributed by atoms with Crippen LogP contribution in [0.1, 0.15) is 22.2 Å². The first kappa shape index (κ1) is 10.5. The number of aliphatic imine (C=N–C) groups is 1. The number of amides is 1. The number of anilines is 1. The number of carbonyl (C=O) groups excluding carboxylic acids is 1. The van der Waals surface area contributed by atoms with Gasteiger partial charge in [-0.25, -0.2) is 9.98 Å². The third-order valence-electron chi connectivity index (χ3n) is 2.67. The molecule has 6 heteroatoms. The molecule has 1 unspecified atom stereocenters. The number of imidazole rings is 1. The molecule has 0 spiro atoms. The van der Waals surface area contributed by atoms with Gasteiger partial charge in [-0.2, -0.15) is 0 Å². The Hall–Kier alpha value is -2.63. The van der Waals surface area contributed by atoms with Crippen molar-refractivity contribution in [2.24, 2.45) is 4.99 Å². The lowest BCUT2D eigenvalue weighted by Crippen LogP contribution is -2.30. The van der Waals surface area contributed by atoms with Crippen molar-refractivity contribution in [2.45, 2.75) is 6.17 Å². The van der Waals surface area contributed by atoms with E-state index in [1.807, 2.05) is 18.2 Å². The minimum atomic E-state index is -0.434. The van der Waals surface area contributed by atoms with E-state index in [2.05, 4.69) is 25.6 Å². The molecule has 0 radical (unpaired) electrons. The maximum Gasteiger partial charge on any atom is 0.253 e. The van der Waals surface area contributed by atoms with Gasteiger partial charge in [0.2, 0.25) is 0 Å². The minimum Gasteiger partial charge on any atom is -0.343 e. The number of carbonyl (C=O) groups is 1. The average molecular weight is 241 g/mol. The van der Waals surface area contributed by atoms with E-state index in [0.717, 1.165) is 5.69 Å². The van der Waals surface area contributed by atoms with E-state index in [0.29, 0.717) is 11.4 Å². The van der Waals surface area contributed by atoms with Gasteiger partial charge >= 0.3 is 0 Å². The number of hydrogen-bond donors (Lipinski definition) is 3. The van der Waals surface area contributed by atoms with Crippen molar-refractivity contribution in [3.05, 3.63) is 47.9 Å². The lowest BCUT2D eigenvalue weighted by molar-refractivity contribution is 0.0937. The third kappa shape index (κ3) is 1.84. The third-order valence-corrected chi connectivity index (χ3v) is 2.67. The molecule has 1 aliphatic rings. The number of nitrogens with one attached hydrogen (secondary N) is 3. The highest BCUT2D eigenvalue weighted by atomic mass is 16.1. The summed E-state index contributed by atoms with van der Waals surface area (Å²) < 4.78 is 0. The first-order valence-corrected chi connectivity index (χ1v) is 5.52. The summed E-state index contributed by atoms with van der Waals surface area (Å²) in [4.78, 5) is 23.2. The van der Waals surface area contributed by atoms with Gasteiger partial charge in [-0.15, -0.1) is 0 Å². The van der Waals surface area contributed by atoms with Gasteiger partial charge in [0, 0.05) is 5.56 Å². The maximum absolute atomic E-state index is 12.0. The molecule has 0 bridgehead atoms. The topological polar surface area (TPSA) is 82.2 Å². The molecule has 2 aromatic rings. The van der Waals surface area contributed by atoms with E-state index < -0.39 is 6.17 Å². The van der Waals surface area contributed by atoms with Crippen LogP contribution in [0, 0.1) is 0 Å². The predicted molar refractivity (Wildman–Crippen MR) is 67.4 cm³/mol.